The van der Waals surface area contributed by atoms with Crippen LogP contribution < -0.4 is 11.1 Å². The lowest BCUT2D eigenvalue weighted by Crippen LogP contribution is -2.71. The molecule has 4 heterocycles. The molecule has 4 rings (SSSR count). The molecule has 2 atom stereocenters. The fraction of sp³-hybridized carbons (Fsp3) is 0.300. The number of hydrogen-bond acceptors (Lipinski definition) is 12. The molecule has 2 aromatic rings. The number of nitrogens with one attached hydrogen (secondary N) is 1. The Kier molecular flexibility index (Phi) is 7.09. The van der Waals surface area contributed by atoms with Crippen LogP contribution in [0.4, 0.5) is 5.13 Å². The van der Waals surface area contributed by atoms with E-state index in [1.54, 1.807) is 17.5 Å². The van der Waals surface area contributed by atoms with Crippen LogP contribution in [0.3, 0.4) is 0 Å². The van der Waals surface area contributed by atoms with E-state index in [1.807, 2.05) is 0 Å². The van der Waals surface area contributed by atoms with Crippen molar-refractivity contribution in [1.82, 2.24) is 15.2 Å². The maximum atomic E-state index is 13.0. The first-order chi connectivity index (χ1) is 16.3. The number of thiazole rings is 1. The number of oxime groups is 1. The Balaban J connectivity index is 1.47. The molecule has 34 heavy (non-hydrogen) atoms. The molecule has 0 saturated carbocycles. The molecule has 0 unspecified atom stereocenters. The Hall–Kier alpha value is -3.10. The number of nitrogens with two attached hydrogens (primary N) is 1. The van der Waals surface area contributed by atoms with Crippen LogP contribution in [-0.4, -0.2) is 68.3 Å². The maximum Gasteiger partial charge on any atom is 0.276 e. The summed E-state index contributed by atoms with van der Waals surface area (Å²) >= 11 is 3.54. The van der Waals surface area contributed by atoms with Crippen LogP contribution in [0, 0.1) is 0 Å². The van der Waals surface area contributed by atoms with Crippen molar-refractivity contribution < 1.29 is 28.4 Å². The average molecular weight is 522 g/mol. The number of furan rings is 1. The van der Waals surface area contributed by atoms with Crippen molar-refractivity contribution in [1.29, 1.82) is 0 Å². The molecule has 11 nitrogen and oxygen atoms in total. The lowest BCUT2D eigenvalue weighted by Gasteiger charge is -2.50. The van der Waals surface area contributed by atoms with E-state index in [0.717, 1.165) is 23.1 Å². The average Bonchev–Trinajstić information content (AvgIpc) is 3.50. The third kappa shape index (κ3) is 4.60. The number of rotatable bonds is 8. The van der Waals surface area contributed by atoms with Gasteiger partial charge < -0.3 is 20.3 Å². The summed E-state index contributed by atoms with van der Waals surface area (Å²) in [5.74, 6) is -0.478. The Labute approximate surface area is 206 Å². The molecule has 2 aliphatic heterocycles. The molecule has 0 aliphatic carbocycles. The number of carbonyl (C=O) groups is 4. The van der Waals surface area contributed by atoms with E-state index in [9.17, 15) is 19.2 Å². The molecule has 14 heteroatoms. The van der Waals surface area contributed by atoms with Gasteiger partial charge in [0.1, 0.15) is 24.2 Å². The zero-order valence-electron chi connectivity index (χ0n) is 18.0. The van der Waals surface area contributed by atoms with Gasteiger partial charge in [-0.25, -0.2) is 4.98 Å². The number of Topliss-reactive ketones (excluding diaryl/α,β-unsaturated/α-hetero) is 1. The Morgan fingerprint density at radius 2 is 2.24 bits per heavy atom. The van der Waals surface area contributed by atoms with Gasteiger partial charge in [-0.05, 0) is 17.7 Å². The topological polar surface area (TPSA) is 157 Å². The van der Waals surface area contributed by atoms with E-state index < -0.39 is 23.2 Å². The largest absolute Gasteiger partial charge is 0.460 e. The monoisotopic (exact) mass is 521 g/mol. The van der Waals surface area contributed by atoms with Crippen LogP contribution in [0.25, 0.3) is 0 Å². The van der Waals surface area contributed by atoms with Gasteiger partial charge in [0.05, 0.1) is 12.0 Å². The van der Waals surface area contributed by atoms with Crippen molar-refractivity contribution in [3.8, 4) is 0 Å². The van der Waals surface area contributed by atoms with Gasteiger partial charge in [-0.3, -0.25) is 24.1 Å². The van der Waals surface area contributed by atoms with Gasteiger partial charge in [-0.2, -0.15) is 0 Å². The number of aromatic nitrogens is 1. The van der Waals surface area contributed by atoms with E-state index >= 15 is 0 Å². The summed E-state index contributed by atoms with van der Waals surface area (Å²) < 4.78 is 5.10. The number of fused-ring (bicyclic) bond motifs is 1. The van der Waals surface area contributed by atoms with E-state index in [-0.39, 0.29) is 44.6 Å². The fourth-order valence-electron chi connectivity index (χ4n) is 3.48. The highest BCUT2D eigenvalue weighted by atomic mass is 32.2. The molecular weight excluding hydrogens is 502 g/mol. The fourth-order valence-corrected chi connectivity index (χ4v) is 6.30. The van der Waals surface area contributed by atoms with Gasteiger partial charge in [0.25, 0.3) is 16.9 Å². The van der Waals surface area contributed by atoms with Crippen LogP contribution in [0.15, 0.2) is 44.6 Å². The predicted octanol–water partition coefficient (Wildman–Crippen LogP) is 1.49. The van der Waals surface area contributed by atoms with Crippen molar-refractivity contribution in [3.63, 3.8) is 0 Å². The number of allylic oxidation sites excluding steroid dienone is 1. The zero-order valence-corrected chi connectivity index (χ0v) is 20.4. The number of amides is 2. The molecular formula is C20H19N5O6S3. The van der Waals surface area contributed by atoms with Gasteiger partial charge >= 0.3 is 0 Å². The lowest BCUT2D eigenvalue weighted by molar-refractivity contribution is -0.146. The lowest BCUT2D eigenvalue weighted by atomic mass is 10.0. The molecule has 0 aromatic carbocycles. The number of carbonyl (C=O) groups excluding carboxylic acids is 4. The number of thioether (sulfide) groups is 2. The highest BCUT2D eigenvalue weighted by Gasteiger charge is 2.53. The molecule has 0 spiro atoms. The maximum absolute atomic E-state index is 13.0. The molecule has 178 valence electrons. The summed E-state index contributed by atoms with van der Waals surface area (Å²) in [7, 11) is 1.29. The first-order valence-electron chi connectivity index (χ1n) is 9.83. The first kappa shape index (κ1) is 24.0. The van der Waals surface area contributed by atoms with Gasteiger partial charge in [0.15, 0.2) is 22.4 Å². The minimum absolute atomic E-state index is 0.113. The normalized spacial score (nSPS) is 20.0. The van der Waals surface area contributed by atoms with E-state index in [2.05, 4.69) is 15.5 Å². The van der Waals surface area contributed by atoms with E-state index in [4.69, 9.17) is 15.0 Å². The molecule has 1 saturated heterocycles. The smallest absolute Gasteiger partial charge is 0.276 e. The first-order valence-corrected chi connectivity index (χ1v) is 12.7. The summed E-state index contributed by atoms with van der Waals surface area (Å²) in [5.41, 5.74) is 6.69. The van der Waals surface area contributed by atoms with Crippen molar-refractivity contribution in [2.75, 3.05) is 24.3 Å². The molecule has 1 fully saturated rings. The molecule has 0 radical (unpaired) electrons. The summed E-state index contributed by atoms with van der Waals surface area (Å²) in [6.07, 6.45) is 1.41. The predicted molar refractivity (Wildman–Crippen MR) is 128 cm³/mol. The summed E-state index contributed by atoms with van der Waals surface area (Å²) in [5, 5.41) is 7.47. The SMILES string of the molecule is CO/N=C(/C(=O)N[C@@H]1C(=O)N2C(C(C)=O)=C(CSC(=O)c3ccco3)CS[C@H]12)c1csc(N)n1. The third-order valence-corrected chi connectivity index (χ3v) is 7.90. The minimum atomic E-state index is -0.858. The number of hydrogen-bond donors (Lipinski definition) is 2. The quantitative estimate of drug-likeness (QED) is 0.296. The standard InChI is InChI=1S/C20H19N5O6S3/c1-9(26)15-10(7-33-19(29)12-4-3-5-31-12)6-32-18-14(17(28)25(15)18)23-16(27)13(24-30-2)11-8-34-20(21)22-11/h3-5,8,14,18H,6-7H2,1-2H3,(H2,21,22)(H,23,27)/b24-13+/t14-,18-/m1/s1. The van der Waals surface area contributed by atoms with Crippen LogP contribution in [0.2, 0.25) is 0 Å². The Morgan fingerprint density at radius 3 is 2.85 bits per heavy atom. The summed E-state index contributed by atoms with van der Waals surface area (Å²) in [6.45, 7) is 1.37. The van der Waals surface area contributed by atoms with Crippen molar-refractivity contribution >= 4 is 68.4 Å². The Morgan fingerprint density at radius 1 is 1.44 bits per heavy atom. The van der Waals surface area contributed by atoms with Gasteiger partial charge in [0.2, 0.25) is 0 Å². The Bertz CT molecular complexity index is 1210. The second-order valence-corrected chi connectivity index (χ2v) is 10.1. The summed E-state index contributed by atoms with van der Waals surface area (Å²) in [4.78, 5) is 60.6. The molecule has 3 N–H and O–H groups in total. The number of nitrogen functional groups attached to an aromatic ring is 1. The number of ketones is 1. The molecule has 0 bridgehead atoms. The van der Waals surface area contributed by atoms with Gasteiger partial charge in [0, 0.05) is 23.8 Å². The highest BCUT2D eigenvalue weighted by Crippen LogP contribution is 2.41. The molecule has 2 aliphatic rings. The van der Waals surface area contributed by atoms with Crippen molar-refractivity contribution in [2.24, 2.45) is 5.16 Å². The van der Waals surface area contributed by atoms with Gasteiger partial charge in [-0.15, -0.1) is 23.1 Å². The summed E-state index contributed by atoms with van der Waals surface area (Å²) in [6, 6.07) is 2.33. The molecule has 2 amide bonds. The van der Waals surface area contributed by atoms with E-state index in [1.165, 1.54) is 37.0 Å². The number of β-lactam (4-membered cyclic amide) rings is 1. The van der Waals surface area contributed by atoms with Crippen molar-refractivity contribution in [2.45, 2.75) is 18.3 Å². The number of nitrogens with zero attached hydrogens (tertiary/aromatic N) is 3. The van der Waals surface area contributed by atoms with Crippen LogP contribution in [0.1, 0.15) is 23.2 Å². The second-order valence-electron chi connectivity index (χ2n) is 7.12. The van der Waals surface area contributed by atoms with E-state index in [0.29, 0.717) is 11.3 Å². The van der Waals surface area contributed by atoms with Crippen molar-refractivity contribution in [3.05, 3.63) is 46.5 Å². The third-order valence-electron chi connectivity index (χ3n) is 4.93. The highest BCUT2D eigenvalue weighted by molar-refractivity contribution is 8.14. The number of anilines is 1. The minimum Gasteiger partial charge on any atom is -0.460 e. The molecule has 2 aromatic heterocycles. The van der Waals surface area contributed by atoms with Gasteiger partial charge in [-0.1, -0.05) is 16.9 Å². The van der Waals surface area contributed by atoms with Crippen LogP contribution in [-0.2, 0) is 19.2 Å². The second kappa shape index (κ2) is 10.0. The zero-order chi connectivity index (χ0) is 24.4. The van der Waals surface area contributed by atoms with Crippen LogP contribution >= 0.6 is 34.9 Å². The van der Waals surface area contributed by atoms with Crippen LogP contribution in [0.5, 0.6) is 0 Å².